The van der Waals surface area contributed by atoms with E-state index in [1.165, 1.54) is 25.3 Å². The second-order valence-electron chi connectivity index (χ2n) is 8.67. The van der Waals surface area contributed by atoms with Gasteiger partial charge >= 0.3 is 5.97 Å². The van der Waals surface area contributed by atoms with Crippen molar-refractivity contribution in [2.75, 3.05) is 34.2 Å². The summed E-state index contributed by atoms with van der Waals surface area (Å²) in [5.74, 6) is 0.558. The molecule has 1 heterocycles. The third-order valence-electron chi connectivity index (χ3n) is 5.61. The summed E-state index contributed by atoms with van der Waals surface area (Å²) in [5.41, 5.74) is 4.40. The van der Waals surface area contributed by atoms with Crippen molar-refractivity contribution in [3.8, 4) is 0 Å². The van der Waals surface area contributed by atoms with Crippen LogP contribution in [0, 0.1) is 6.92 Å². The van der Waals surface area contributed by atoms with E-state index in [0.717, 1.165) is 11.3 Å². The van der Waals surface area contributed by atoms with Gasteiger partial charge in [0.05, 0.1) is 32.3 Å². The summed E-state index contributed by atoms with van der Waals surface area (Å²) in [4.78, 5) is 25.6. The normalized spacial score (nSPS) is 15.7. The van der Waals surface area contributed by atoms with Gasteiger partial charge in [-0.15, -0.1) is 0 Å². The molecule has 0 fully saturated rings. The maximum Gasteiger partial charge on any atom is 0.336 e. The Morgan fingerprint density at radius 1 is 1.17 bits per heavy atom. The highest BCUT2D eigenvalue weighted by Crippen LogP contribution is 2.25. The van der Waals surface area contributed by atoms with Crippen LogP contribution in [0.4, 0.5) is 5.69 Å². The van der Waals surface area contributed by atoms with Crippen LogP contribution in [0.5, 0.6) is 0 Å². The molecule has 1 aliphatic rings. The lowest BCUT2D eigenvalue weighted by molar-refractivity contribution is -0.163. The van der Waals surface area contributed by atoms with Gasteiger partial charge in [-0.1, -0.05) is 43.6 Å². The van der Waals surface area contributed by atoms with E-state index in [0.29, 0.717) is 30.1 Å². The Labute approximate surface area is 212 Å². The van der Waals surface area contributed by atoms with Gasteiger partial charge in [0.1, 0.15) is 6.79 Å². The molecule has 2 aromatic carbocycles. The summed E-state index contributed by atoms with van der Waals surface area (Å²) >= 11 is 6.07. The zero-order valence-electron chi connectivity index (χ0n) is 20.9. The number of aliphatic imine (C=N–C) groups is 2. The Kier molecular flexibility index (Phi) is 9.65. The van der Waals surface area contributed by atoms with E-state index < -0.39 is 12.1 Å². The van der Waals surface area contributed by atoms with Crippen molar-refractivity contribution in [2.45, 2.75) is 39.3 Å². The number of ether oxygens (including phenoxy) is 3. The first-order valence-corrected chi connectivity index (χ1v) is 11.8. The maximum atomic E-state index is 12.2. The number of methoxy groups -OCH3 is 2. The standard InChI is InChI=1S/C26H33ClN4O4/c1-18(2)23-11-10-22(12-19(23)3)29-26-28-15-30(14-24(25(32)34-5)35-17-33-4)16-31(26)13-20-6-8-21(27)9-7-20/h6-12,15,18,24H,13-14,16-17H2,1-5H3. The van der Waals surface area contributed by atoms with Crippen molar-refractivity contribution in [1.82, 2.24) is 9.80 Å². The molecule has 1 atom stereocenters. The van der Waals surface area contributed by atoms with Gasteiger partial charge in [-0.05, 0) is 53.8 Å². The molecule has 0 bridgehead atoms. The number of guanidine groups is 1. The van der Waals surface area contributed by atoms with E-state index in [1.54, 1.807) is 6.34 Å². The first-order chi connectivity index (χ1) is 16.8. The van der Waals surface area contributed by atoms with Gasteiger partial charge in [-0.25, -0.2) is 14.8 Å². The van der Waals surface area contributed by atoms with Crippen molar-refractivity contribution >= 4 is 35.6 Å². The number of rotatable bonds is 10. The molecule has 35 heavy (non-hydrogen) atoms. The lowest BCUT2D eigenvalue weighted by atomic mass is 9.98. The van der Waals surface area contributed by atoms with Gasteiger partial charge < -0.3 is 24.0 Å². The molecule has 1 unspecified atom stereocenters. The Hall–Kier alpha value is -2.94. The zero-order chi connectivity index (χ0) is 25.4. The number of carbonyl (C=O) groups excluding carboxylic acids is 1. The highest BCUT2D eigenvalue weighted by molar-refractivity contribution is 6.30. The van der Waals surface area contributed by atoms with Crippen molar-refractivity contribution in [2.24, 2.45) is 9.98 Å². The van der Waals surface area contributed by atoms with Gasteiger partial charge in [0.15, 0.2) is 6.10 Å². The third-order valence-corrected chi connectivity index (χ3v) is 5.87. The van der Waals surface area contributed by atoms with Crippen LogP contribution in [0.1, 0.15) is 36.5 Å². The second kappa shape index (κ2) is 12.7. The van der Waals surface area contributed by atoms with Crippen molar-refractivity contribution in [3.05, 3.63) is 64.2 Å². The minimum Gasteiger partial charge on any atom is -0.467 e. The van der Waals surface area contributed by atoms with Crippen LogP contribution in [-0.2, 0) is 25.5 Å². The average molecular weight is 501 g/mol. The topological polar surface area (TPSA) is 76.0 Å². The van der Waals surface area contributed by atoms with Crippen LogP contribution in [0.15, 0.2) is 52.4 Å². The molecule has 1 aliphatic heterocycles. The molecule has 188 valence electrons. The molecule has 0 aliphatic carbocycles. The Morgan fingerprint density at radius 2 is 1.91 bits per heavy atom. The van der Waals surface area contributed by atoms with Gasteiger partial charge in [0.2, 0.25) is 5.96 Å². The molecular formula is C26H33ClN4O4. The molecule has 9 heteroatoms. The van der Waals surface area contributed by atoms with Crippen LogP contribution < -0.4 is 0 Å². The molecular weight excluding hydrogens is 468 g/mol. The van der Waals surface area contributed by atoms with Gasteiger partial charge in [0.25, 0.3) is 0 Å². The molecule has 3 rings (SSSR count). The summed E-state index contributed by atoms with van der Waals surface area (Å²) in [6.07, 6.45) is 0.868. The summed E-state index contributed by atoms with van der Waals surface area (Å²) in [6, 6.07) is 13.9. The van der Waals surface area contributed by atoms with Crippen LogP contribution in [-0.4, -0.2) is 68.4 Å². The predicted molar refractivity (Wildman–Crippen MR) is 138 cm³/mol. The molecule has 0 amide bonds. The number of carbonyl (C=O) groups is 1. The number of aryl methyl sites for hydroxylation is 1. The first kappa shape index (κ1) is 26.7. The van der Waals surface area contributed by atoms with Gasteiger partial charge in [0, 0.05) is 18.7 Å². The van der Waals surface area contributed by atoms with Crippen LogP contribution in [0.3, 0.4) is 0 Å². The molecule has 2 aromatic rings. The lowest BCUT2D eigenvalue weighted by Gasteiger charge is -2.35. The van der Waals surface area contributed by atoms with E-state index in [1.807, 2.05) is 40.1 Å². The number of nitrogens with zero attached hydrogens (tertiary/aromatic N) is 4. The van der Waals surface area contributed by atoms with Gasteiger partial charge in [-0.3, -0.25) is 0 Å². The molecule has 0 saturated carbocycles. The van der Waals surface area contributed by atoms with E-state index in [-0.39, 0.29) is 13.3 Å². The van der Waals surface area contributed by atoms with Crippen LogP contribution in [0.25, 0.3) is 0 Å². The van der Waals surface area contributed by atoms with Crippen molar-refractivity contribution in [1.29, 1.82) is 0 Å². The highest BCUT2D eigenvalue weighted by atomic mass is 35.5. The quantitative estimate of drug-likeness (QED) is 0.347. The number of hydrogen-bond donors (Lipinski definition) is 0. The van der Waals surface area contributed by atoms with Crippen molar-refractivity contribution in [3.63, 3.8) is 0 Å². The SMILES string of the molecule is COCOC(CN1C=NC(=Nc2ccc(C(C)C)c(C)c2)N(Cc2ccc(Cl)cc2)C1)C(=O)OC. The Morgan fingerprint density at radius 3 is 2.54 bits per heavy atom. The minimum atomic E-state index is -0.812. The number of esters is 1. The minimum absolute atomic E-state index is 0.0162. The second-order valence-corrected chi connectivity index (χ2v) is 9.11. The first-order valence-electron chi connectivity index (χ1n) is 11.5. The molecule has 0 saturated heterocycles. The Bertz CT molecular complexity index is 1060. The molecule has 0 radical (unpaired) electrons. The summed E-state index contributed by atoms with van der Waals surface area (Å²) in [6.45, 7) is 7.72. The summed E-state index contributed by atoms with van der Waals surface area (Å²) in [7, 11) is 2.84. The van der Waals surface area contributed by atoms with E-state index in [4.69, 9.17) is 30.8 Å². The summed E-state index contributed by atoms with van der Waals surface area (Å²) in [5, 5.41) is 0.679. The molecule has 0 aromatic heterocycles. The van der Waals surface area contributed by atoms with E-state index in [2.05, 4.69) is 37.9 Å². The summed E-state index contributed by atoms with van der Waals surface area (Å²) < 4.78 is 15.4. The van der Waals surface area contributed by atoms with Crippen LogP contribution in [0.2, 0.25) is 5.02 Å². The number of benzene rings is 2. The highest BCUT2D eigenvalue weighted by Gasteiger charge is 2.26. The fourth-order valence-corrected chi connectivity index (χ4v) is 3.98. The van der Waals surface area contributed by atoms with E-state index in [9.17, 15) is 4.79 Å². The average Bonchev–Trinajstić information content (AvgIpc) is 2.84. The number of halogens is 1. The number of hydrogen-bond acceptors (Lipinski definition) is 6. The third kappa shape index (κ3) is 7.52. The lowest BCUT2D eigenvalue weighted by Crippen LogP contribution is -2.48. The van der Waals surface area contributed by atoms with Crippen molar-refractivity contribution < 1.29 is 19.0 Å². The smallest absolute Gasteiger partial charge is 0.336 e. The molecule has 8 nitrogen and oxygen atoms in total. The fraction of sp³-hybridized carbons (Fsp3) is 0.423. The zero-order valence-corrected chi connectivity index (χ0v) is 21.7. The predicted octanol–water partition coefficient (Wildman–Crippen LogP) is 4.73. The molecule has 0 spiro atoms. The monoisotopic (exact) mass is 500 g/mol. The Balaban J connectivity index is 1.87. The van der Waals surface area contributed by atoms with E-state index >= 15 is 0 Å². The largest absolute Gasteiger partial charge is 0.467 e. The van der Waals surface area contributed by atoms with Crippen LogP contribution >= 0.6 is 11.6 Å². The maximum absolute atomic E-state index is 12.2. The van der Waals surface area contributed by atoms with Gasteiger partial charge in [-0.2, -0.15) is 0 Å². The fourth-order valence-electron chi connectivity index (χ4n) is 3.85. The molecule has 0 N–H and O–H groups in total.